The number of carbonyl (C=O) groups excluding carboxylic acids is 1. The van der Waals surface area contributed by atoms with Gasteiger partial charge in [-0.05, 0) is 12.2 Å². The molecule has 1 amide bonds. The minimum Gasteiger partial charge on any atom is -0.346 e. The first kappa shape index (κ1) is 11.5. The zero-order valence-corrected chi connectivity index (χ0v) is 11.0. The summed E-state index contributed by atoms with van der Waals surface area (Å²) in [6.07, 6.45) is 0. The molecule has 0 saturated carbocycles. The van der Waals surface area contributed by atoms with Crippen LogP contribution in [0.25, 0.3) is 0 Å². The molecule has 0 aliphatic carbocycles. The average molecular weight is 255 g/mol. The highest BCUT2D eigenvalue weighted by atomic mass is 32.1. The van der Waals surface area contributed by atoms with E-state index >= 15 is 0 Å². The molecule has 1 aliphatic rings. The fraction of sp³-hybridized carbons (Fsp3) is 0.500. The maximum Gasteiger partial charge on any atom is 0.254 e. The van der Waals surface area contributed by atoms with Crippen molar-refractivity contribution in [3.05, 3.63) is 16.1 Å². The third-order valence-electron chi connectivity index (χ3n) is 2.23. The molecule has 1 aromatic heterocycles. The number of carbonyl (C=O) groups is 1. The molecule has 0 bridgehead atoms. The van der Waals surface area contributed by atoms with E-state index in [1.165, 1.54) is 0 Å². The van der Waals surface area contributed by atoms with E-state index in [1.807, 2.05) is 5.38 Å². The van der Waals surface area contributed by atoms with Gasteiger partial charge in [0.25, 0.3) is 5.91 Å². The fourth-order valence-electron chi connectivity index (χ4n) is 1.39. The van der Waals surface area contributed by atoms with Gasteiger partial charge in [0.15, 0.2) is 11.2 Å². The van der Waals surface area contributed by atoms with Crippen LogP contribution < -0.4 is 10.6 Å². The second-order valence-electron chi connectivity index (χ2n) is 4.72. The number of nitrogens with zero attached hydrogens (tertiary/aromatic N) is 1. The average Bonchev–Trinajstić information content (AvgIpc) is 2.70. The molecule has 1 unspecified atom stereocenters. The highest BCUT2D eigenvalue weighted by molar-refractivity contribution is 7.80. The van der Waals surface area contributed by atoms with Gasteiger partial charge in [-0.3, -0.25) is 4.79 Å². The van der Waals surface area contributed by atoms with E-state index < -0.39 is 6.04 Å². The van der Waals surface area contributed by atoms with Crippen LogP contribution in [0.15, 0.2) is 5.38 Å². The predicted octanol–water partition coefficient (Wildman–Crippen LogP) is 1.49. The van der Waals surface area contributed by atoms with Gasteiger partial charge in [0.1, 0.15) is 0 Å². The minimum atomic E-state index is -0.431. The van der Waals surface area contributed by atoms with E-state index in [1.54, 1.807) is 11.3 Å². The lowest BCUT2D eigenvalue weighted by atomic mass is 9.98. The van der Waals surface area contributed by atoms with Crippen LogP contribution in [0.5, 0.6) is 0 Å². The van der Waals surface area contributed by atoms with Gasteiger partial charge in [-0.2, -0.15) is 0 Å². The van der Waals surface area contributed by atoms with Gasteiger partial charge in [-0.1, -0.05) is 20.8 Å². The second-order valence-corrected chi connectivity index (χ2v) is 5.99. The molecule has 16 heavy (non-hydrogen) atoms. The molecule has 2 heterocycles. The lowest BCUT2D eigenvalue weighted by molar-refractivity contribution is -0.120. The Kier molecular flexibility index (Phi) is 2.71. The molecule has 2 rings (SSSR count). The molecule has 86 valence electrons. The second kappa shape index (κ2) is 3.78. The van der Waals surface area contributed by atoms with Crippen molar-refractivity contribution in [3.63, 3.8) is 0 Å². The minimum absolute atomic E-state index is 0.0124. The molecule has 1 aromatic rings. The number of rotatable bonds is 1. The van der Waals surface area contributed by atoms with Crippen LogP contribution >= 0.6 is 23.6 Å². The normalized spacial score (nSPS) is 20.8. The van der Waals surface area contributed by atoms with E-state index in [0.717, 1.165) is 10.7 Å². The van der Waals surface area contributed by atoms with Crippen molar-refractivity contribution >= 4 is 34.6 Å². The molecule has 2 N–H and O–H groups in total. The van der Waals surface area contributed by atoms with Gasteiger partial charge >= 0.3 is 0 Å². The molecular formula is C10H13N3OS2. The Hall–Kier alpha value is -1.01. The van der Waals surface area contributed by atoms with Crippen molar-refractivity contribution < 1.29 is 4.79 Å². The Bertz CT molecular complexity index is 447. The molecule has 0 spiro atoms. The molecule has 1 aliphatic heterocycles. The topological polar surface area (TPSA) is 54.0 Å². The maximum absolute atomic E-state index is 11.5. The predicted molar refractivity (Wildman–Crippen MR) is 67.4 cm³/mol. The summed E-state index contributed by atoms with van der Waals surface area (Å²) < 4.78 is 0. The van der Waals surface area contributed by atoms with Crippen LogP contribution in [-0.2, 0) is 10.2 Å². The third kappa shape index (κ3) is 2.08. The molecule has 1 fully saturated rings. The number of thiazole rings is 1. The number of amides is 1. The summed E-state index contributed by atoms with van der Waals surface area (Å²) in [7, 11) is 0. The summed E-state index contributed by atoms with van der Waals surface area (Å²) in [5, 5.41) is 8.77. The van der Waals surface area contributed by atoms with Crippen LogP contribution in [0.2, 0.25) is 0 Å². The Balaban J connectivity index is 2.26. The van der Waals surface area contributed by atoms with Gasteiger partial charge in [-0.15, -0.1) is 11.3 Å². The lowest BCUT2D eigenvalue weighted by Crippen LogP contribution is -2.21. The summed E-state index contributed by atoms with van der Waals surface area (Å²) >= 11 is 6.46. The number of hydrogen-bond acceptors (Lipinski definition) is 4. The van der Waals surface area contributed by atoms with E-state index in [4.69, 9.17) is 12.2 Å². The summed E-state index contributed by atoms with van der Waals surface area (Å²) in [5.74, 6) is -0.129. The lowest BCUT2D eigenvalue weighted by Gasteiger charge is -2.13. The summed E-state index contributed by atoms with van der Waals surface area (Å²) in [4.78, 5) is 16.0. The molecular weight excluding hydrogens is 242 g/mol. The highest BCUT2D eigenvalue weighted by Crippen LogP contribution is 2.28. The van der Waals surface area contributed by atoms with Crippen molar-refractivity contribution in [3.8, 4) is 0 Å². The van der Waals surface area contributed by atoms with E-state index in [2.05, 4.69) is 36.4 Å². The quantitative estimate of drug-likeness (QED) is 0.747. The largest absolute Gasteiger partial charge is 0.346 e. The summed E-state index contributed by atoms with van der Waals surface area (Å²) in [6.45, 7) is 6.30. The van der Waals surface area contributed by atoms with Crippen LogP contribution in [0.4, 0.5) is 0 Å². The molecule has 1 saturated heterocycles. The molecule has 0 aromatic carbocycles. The SMILES string of the molecule is CC(C)(C)c1nc(C2NC(=S)NC2=O)cs1. The monoisotopic (exact) mass is 255 g/mol. The Morgan fingerprint density at radius 2 is 2.19 bits per heavy atom. The van der Waals surface area contributed by atoms with Gasteiger partial charge in [0, 0.05) is 10.8 Å². The number of thiocarbonyl (C=S) groups is 1. The Morgan fingerprint density at radius 3 is 2.62 bits per heavy atom. The zero-order chi connectivity index (χ0) is 11.9. The van der Waals surface area contributed by atoms with E-state index in [-0.39, 0.29) is 11.3 Å². The smallest absolute Gasteiger partial charge is 0.254 e. The number of nitrogens with one attached hydrogen (secondary N) is 2. The van der Waals surface area contributed by atoms with Crippen molar-refractivity contribution in [1.82, 2.24) is 15.6 Å². The first-order chi connectivity index (χ1) is 7.38. The molecule has 0 radical (unpaired) electrons. The van der Waals surface area contributed by atoms with Crippen molar-refractivity contribution in [2.24, 2.45) is 0 Å². The van der Waals surface area contributed by atoms with E-state index in [9.17, 15) is 4.79 Å². The number of hydrogen-bond donors (Lipinski definition) is 2. The fourth-order valence-corrected chi connectivity index (χ4v) is 2.54. The first-order valence-electron chi connectivity index (χ1n) is 4.95. The standard InChI is InChI=1S/C10H13N3OS2/c1-10(2,3)8-11-5(4-16-8)6-7(14)13-9(15)12-6/h4,6H,1-3H3,(H2,12,13,14,15). The number of aromatic nitrogens is 1. The molecule has 4 nitrogen and oxygen atoms in total. The van der Waals surface area contributed by atoms with Crippen LogP contribution in [0.1, 0.15) is 37.5 Å². The van der Waals surface area contributed by atoms with Crippen molar-refractivity contribution in [1.29, 1.82) is 0 Å². The van der Waals surface area contributed by atoms with Crippen LogP contribution in [0, 0.1) is 0 Å². The van der Waals surface area contributed by atoms with Gasteiger partial charge in [-0.25, -0.2) is 4.98 Å². The van der Waals surface area contributed by atoms with Crippen LogP contribution in [0.3, 0.4) is 0 Å². The Morgan fingerprint density at radius 1 is 1.50 bits per heavy atom. The third-order valence-corrected chi connectivity index (χ3v) is 3.74. The van der Waals surface area contributed by atoms with Gasteiger partial charge in [0.05, 0.1) is 10.7 Å². The first-order valence-corrected chi connectivity index (χ1v) is 6.24. The van der Waals surface area contributed by atoms with Crippen molar-refractivity contribution in [2.75, 3.05) is 0 Å². The maximum atomic E-state index is 11.5. The molecule has 1 atom stereocenters. The Labute approximate surface area is 103 Å². The summed E-state index contributed by atoms with van der Waals surface area (Å²) in [5.41, 5.74) is 0.755. The van der Waals surface area contributed by atoms with Crippen molar-refractivity contribution in [2.45, 2.75) is 32.2 Å². The summed E-state index contributed by atoms with van der Waals surface area (Å²) in [6, 6.07) is -0.431. The van der Waals surface area contributed by atoms with Crippen LogP contribution in [-0.4, -0.2) is 16.0 Å². The molecule has 6 heteroatoms. The van der Waals surface area contributed by atoms with E-state index in [0.29, 0.717) is 5.11 Å². The van der Waals surface area contributed by atoms with Gasteiger partial charge in [0.2, 0.25) is 0 Å². The zero-order valence-electron chi connectivity index (χ0n) is 9.33. The highest BCUT2D eigenvalue weighted by Gasteiger charge is 2.31. The van der Waals surface area contributed by atoms with Gasteiger partial charge < -0.3 is 10.6 Å².